The minimum atomic E-state index is -1.03. The number of fused-ring (bicyclic) bond motifs is 2. The van der Waals surface area contributed by atoms with Gasteiger partial charge in [0.15, 0.2) is 11.6 Å². The molecule has 2 aliphatic heterocycles. The summed E-state index contributed by atoms with van der Waals surface area (Å²) in [5.41, 5.74) is 0.411. The molecule has 184 valence electrons. The first-order valence-corrected chi connectivity index (χ1v) is 11.8. The number of hydrogen-bond acceptors (Lipinski definition) is 8. The smallest absolute Gasteiger partial charge is 0.350 e. The lowest BCUT2D eigenvalue weighted by molar-refractivity contribution is 0.00195. The van der Waals surface area contributed by atoms with E-state index in [4.69, 9.17) is 0 Å². The fourth-order valence-electron chi connectivity index (χ4n) is 5.59. The van der Waals surface area contributed by atoms with Crippen LogP contribution in [0.5, 0.6) is 5.75 Å². The molecule has 35 heavy (non-hydrogen) atoms. The van der Waals surface area contributed by atoms with Crippen molar-refractivity contribution in [2.75, 3.05) is 11.9 Å². The summed E-state index contributed by atoms with van der Waals surface area (Å²) in [6.45, 7) is 4.16. The van der Waals surface area contributed by atoms with E-state index < -0.39 is 17.4 Å². The molecule has 2 fully saturated rings. The molecule has 0 aliphatic carbocycles. The monoisotopic (exact) mass is 479 g/mol. The van der Waals surface area contributed by atoms with E-state index in [1.807, 2.05) is 18.9 Å². The van der Waals surface area contributed by atoms with E-state index in [1.165, 1.54) is 17.0 Å². The molecule has 0 unspecified atom stereocenters. The Bertz CT molecular complexity index is 1310. The number of halogens is 1. The number of aromatic nitrogens is 5. The molecule has 1 aromatic carbocycles. The predicted octanol–water partition coefficient (Wildman–Crippen LogP) is 2.84. The Hall–Kier alpha value is -3.40. The molecule has 0 saturated carbocycles. The summed E-state index contributed by atoms with van der Waals surface area (Å²) >= 11 is 0. The van der Waals surface area contributed by atoms with E-state index in [9.17, 15) is 9.90 Å². The van der Waals surface area contributed by atoms with Crippen molar-refractivity contribution in [3.63, 3.8) is 0 Å². The van der Waals surface area contributed by atoms with Crippen LogP contribution in [0, 0.1) is 0 Å². The summed E-state index contributed by atoms with van der Waals surface area (Å²) in [7, 11) is 3.43. The molecule has 0 radical (unpaired) electrons. The van der Waals surface area contributed by atoms with Crippen molar-refractivity contribution in [2.45, 2.75) is 62.8 Å². The Kier molecular flexibility index (Phi) is 5.58. The van der Waals surface area contributed by atoms with E-state index in [0.29, 0.717) is 29.1 Å². The van der Waals surface area contributed by atoms with Gasteiger partial charge in [-0.1, -0.05) is 6.07 Å². The number of hydrogen-bond donors (Lipinski definition) is 2. The average molecular weight is 480 g/mol. The highest BCUT2D eigenvalue weighted by Crippen LogP contribution is 2.43. The maximum Gasteiger partial charge on any atom is 0.350 e. The summed E-state index contributed by atoms with van der Waals surface area (Å²) in [5, 5.41) is 22.8. The van der Waals surface area contributed by atoms with Crippen molar-refractivity contribution < 1.29 is 9.50 Å². The van der Waals surface area contributed by atoms with Gasteiger partial charge in [0.05, 0.1) is 11.7 Å². The number of aromatic hydroxyl groups is 1. The van der Waals surface area contributed by atoms with Crippen molar-refractivity contribution in [3.05, 3.63) is 47.1 Å². The molecule has 2 aliphatic rings. The molecule has 10 heteroatoms. The number of alkyl halides is 1. The summed E-state index contributed by atoms with van der Waals surface area (Å²) in [5.74, 6) is 0.782. The summed E-state index contributed by atoms with van der Waals surface area (Å²) < 4.78 is 16.9. The zero-order valence-electron chi connectivity index (χ0n) is 20.4. The third-order valence-corrected chi connectivity index (χ3v) is 7.52. The minimum absolute atomic E-state index is 0.0296. The summed E-state index contributed by atoms with van der Waals surface area (Å²) in [4.78, 5) is 21.7. The SMILES string of the molecule is CN(c1ccc(-c2ccc(-c3ncn(C)c(=O)n3)cc2O)nn1)[C@@H]1C[C@@]2(C)CCC[C@](C)(N2)[C@@H]1F. The van der Waals surface area contributed by atoms with Crippen LogP contribution in [0.2, 0.25) is 0 Å². The normalized spacial score (nSPS) is 28.0. The number of anilines is 1. The summed E-state index contributed by atoms with van der Waals surface area (Å²) in [6.07, 6.45) is 3.92. The molecule has 2 saturated heterocycles. The van der Waals surface area contributed by atoms with Crippen LogP contribution in [0.1, 0.15) is 39.5 Å². The number of rotatable bonds is 4. The van der Waals surface area contributed by atoms with Crippen LogP contribution in [-0.4, -0.2) is 60.2 Å². The molecular weight excluding hydrogens is 449 g/mol. The Morgan fingerprint density at radius 1 is 1.20 bits per heavy atom. The first-order valence-electron chi connectivity index (χ1n) is 11.8. The van der Waals surface area contributed by atoms with Crippen LogP contribution < -0.4 is 15.9 Å². The molecule has 4 heterocycles. The van der Waals surface area contributed by atoms with Gasteiger partial charge < -0.3 is 15.3 Å². The first-order chi connectivity index (χ1) is 16.6. The lowest BCUT2D eigenvalue weighted by Gasteiger charge is -2.56. The number of nitrogens with one attached hydrogen (secondary N) is 1. The maximum atomic E-state index is 15.6. The highest BCUT2D eigenvalue weighted by atomic mass is 19.1. The summed E-state index contributed by atoms with van der Waals surface area (Å²) in [6, 6.07) is 8.16. The number of phenols is 1. The number of phenolic OH excluding ortho intramolecular Hbond substituents is 1. The van der Waals surface area contributed by atoms with Crippen LogP contribution in [0.25, 0.3) is 22.6 Å². The molecule has 2 N–H and O–H groups in total. The Balaban J connectivity index is 1.38. The van der Waals surface area contributed by atoms with Crippen LogP contribution in [-0.2, 0) is 7.05 Å². The van der Waals surface area contributed by atoms with E-state index >= 15 is 4.39 Å². The highest BCUT2D eigenvalue weighted by molar-refractivity contribution is 5.72. The van der Waals surface area contributed by atoms with Crippen LogP contribution in [0.3, 0.4) is 0 Å². The third kappa shape index (κ3) is 4.16. The predicted molar refractivity (Wildman–Crippen MR) is 131 cm³/mol. The van der Waals surface area contributed by atoms with Gasteiger partial charge in [0, 0.05) is 36.3 Å². The van der Waals surface area contributed by atoms with Gasteiger partial charge in [-0.3, -0.25) is 4.57 Å². The topological polar surface area (TPSA) is 109 Å². The second-order valence-electron chi connectivity index (χ2n) is 10.3. The fraction of sp³-hybridized carbons (Fsp3) is 0.480. The lowest BCUT2D eigenvalue weighted by Crippen LogP contribution is -2.72. The van der Waals surface area contributed by atoms with Gasteiger partial charge in [0.25, 0.3) is 0 Å². The Morgan fingerprint density at radius 2 is 2.00 bits per heavy atom. The van der Waals surface area contributed by atoms with E-state index in [1.54, 1.807) is 31.3 Å². The maximum absolute atomic E-state index is 15.6. The van der Waals surface area contributed by atoms with Gasteiger partial charge >= 0.3 is 5.69 Å². The first kappa shape index (κ1) is 23.3. The van der Waals surface area contributed by atoms with Gasteiger partial charge in [-0.25, -0.2) is 14.2 Å². The van der Waals surface area contributed by atoms with E-state index in [0.717, 1.165) is 19.3 Å². The molecule has 2 bridgehead atoms. The molecule has 9 nitrogen and oxygen atoms in total. The van der Waals surface area contributed by atoms with E-state index in [2.05, 4.69) is 32.4 Å². The molecular formula is C25H30FN7O2. The lowest BCUT2D eigenvalue weighted by atomic mass is 9.68. The quantitative estimate of drug-likeness (QED) is 0.588. The second kappa shape index (κ2) is 8.37. The van der Waals surface area contributed by atoms with Crippen molar-refractivity contribution in [3.8, 4) is 28.4 Å². The van der Waals surface area contributed by atoms with Gasteiger partial charge in [-0.15, -0.1) is 10.2 Å². The number of nitrogens with zero attached hydrogens (tertiary/aromatic N) is 6. The number of benzene rings is 1. The standard InChI is InChI=1S/C25H30FN7O2/c1-24-10-5-11-25(2,31-24)21(26)18(13-24)33(4)20-9-8-17(29-30-20)16-7-6-15(12-19(16)34)22-27-14-32(3)23(35)28-22/h6-9,12,14,18,21,31,34H,5,10-11,13H2,1-4H3/t18-,21-,24-,25+/m1/s1. The van der Waals surface area contributed by atoms with Gasteiger partial charge in [-0.2, -0.15) is 4.98 Å². The Labute approximate surface area is 203 Å². The molecule has 0 amide bonds. The largest absolute Gasteiger partial charge is 0.507 e. The van der Waals surface area contributed by atoms with Crippen LogP contribution >= 0.6 is 0 Å². The molecule has 0 spiro atoms. The van der Waals surface area contributed by atoms with Crippen molar-refractivity contribution in [1.29, 1.82) is 0 Å². The zero-order valence-corrected chi connectivity index (χ0v) is 20.4. The van der Waals surface area contributed by atoms with Gasteiger partial charge in [0.1, 0.15) is 18.2 Å². The van der Waals surface area contributed by atoms with Gasteiger partial charge in [0.2, 0.25) is 0 Å². The van der Waals surface area contributed by atoms with Crippen LogP contribution in [0.15, 0.2) is 41.5 Å². The molecule has 2 aromatic heterocycles. The minimum Gasteiger partial charge on any atom is -0.507 e. The molecule has 3 aromatic rings. The average Bonchev–Trinajstić information content (AvgIpc) is 2.83. The highest BCUT2D eigenvalue weighted by Gasteiger charge is 2.53. The van der Waals surface area contributed by atoms with Crippen molar-refractivity contribution >= 4 is 5.82 Å². The molecule has 5 rings (SSSR count). The third-order valence-electron chi connectivity index (χ3n) is 7.52. The zero-order chi connectivity index (χ0) is 25.0. The van der Waals surface area contributed by atoms with Crippen LogP contribution in [0.4, 0.5) is 10.2 Å². The molecule has 4 atom stereocenters. The second-order valence-corrected chi connectivity index (χ2v) is 10.3. The number of piperidine rings is 2. The van der Waals surface area contributed by atoms with E-state index in [-0.39, 0.29) is 23.2 Å². The van der Waals surface area contributed by atoms with Crippen molar-refractivity contribution in [2.24, 2.45) is 7.05 Å². The Morgan fingerprint density at radius 3 is 2.69 bits per heavy atom. The fourth-order valence-corrected chi connectivity index (χ4v) is 5.59. The van der Waals surface area contributed by atoms with Crippen molar-refractivity contribution in [1.82, 2.24) is 30.0 Å². The van der Waals surface area contributed by atoms with Gasteiger partial charge in [-0.05, 0) is 63.8 Å². The number of aryl methyl sites for hydroxylation is 1.